The number of hydrogen-bond donors (Lipinski definition) is 0. The first-order valence-corrected chi connectivity index (χ1v) is 10.6. The van der Waals surface area contributed by atoms with E-state index in [0.29, 0.717) is 11.1 Å². The second-order valence-corrected chi connectivity index (χ2v) is 8.37. The Bertz CT molecular complexity index is 1570. The van der Waals surface area contributed by atoms with Crippen LogP contribution in [0.5, 0.6) is 0 Å². The highest BCUT2D eigenvalue weighted by Gasteiger charge is 2.31. The van der Waals surface area contributed by atoms with Crippen molar-refractivity contribution in [3.05, 3.63) is 96.3 Å². The van der Waals surface area contributed by atoms with Crippen LogP contribution in [-0.4, -0.2) is 9.38 Å². The summed E-state index contributed by atoms with van der Waals surface area (Å²) in [4.78, 5) is 4.30. The fraction of sp³-hybridized carbons (Fsp3) is 0.0741. The van der Waals surface area contributed by atoms with Crippen molar-refractivity contribution >= 4 is 27.3 Å². The molecule has 0 spiro atoms. The van der Waals surface area contributed by atoms with Gasteiger partial charge in [-0.1, -0.05) is 24.3 Å². The fourth-order valence-electron chi connectivity index (χ4n) is 4.65. The van der Waals surface area contributed by atoms with Crippen LogP contribution in [0, 0.1) is 0 Å². The van der Waals surface area contributed by atoms with Crippen LogP contribution in [0.15, 0.2) is 85.2 Å². The van der Waals surface area contributed by atoms with E-state index in [2.05, 4.69) is 4.98 Å². The van der Waals surface area contributed by atoms with Crippen molar-refractivity contribution in [3.63, 3.8) is 0 Å². The van der Waals surface area contributed by atoms with Gasteiger partial charge in [0.15, 0.2) is 0 Å². The molecule has 0 bridgehead atoms. The van der Waals surface area contributed by atoms with Crippen LogP contribution in [0.3, 0.4) is 0 Å². The van der Waals surface area contributed by atoms with Gasteiger partial charge in [0.25, 0.3) is 0 Å². The molecule has 2 aromatic carbocycles. The maximum atomic E-state index is 13.1. The monoisotopic (exact) mass is 480 g/mol. The summed E-state index contributed by atoms with van der Waals surface area (Å²) in [5.74, 6) is 0. The molecule has 0 atom stereocenters. The van der Waals surface area contributed by atoms with E-state index < -0.39 is 23.5 Å². The van der Waals surface area contributed by atoms with Crippen LogP contribution in [0.4, 0.5) is 26.3 Å². The van der Waals surface area contributed by atoms with Crippen molar-refractivity contribution < 1.29 is 26.3 Å². The maximum Gasteiger partial charge on any atom is 0.416 e. The zero-order valence-electron chi connectivity index (χ0n) is 17.7. The van der Waals surface area contributed by atoms with E-state index >= 15 is 0 Å². The molecule has 174 valence electrons. The Balaban J connectivity index is 1.60. The molecule has 0 aliphatic carbocycles. The third-order valence-corrected chi connectivity index (χ3v) is 6.28. The summed E-state index contributed by atoms with van der Waals surface area (Å²) in [7, 11) is 0. The van der Waals surface area contributed by atoms with Gasteiger partial charge in [0, 0.05) is 34.3 Å². The normalized spacial score (nSPS) is 12.9. The Hall–Kier alpha value is -4.07. The summed E-state index contributed by atoms with van der Waals surface area (Å²) >= 11 is 0. The summed E-state index contributed by atoms with van der Waals surface area (Å²) in [6.07, 6.45) is -5.49. The van der Waals surface area contributed by atoms with Crippen molar-refractivity contribution in [2.75, 3.05) is 0 Å². The number of aromatic nitrogens is 2. The van der Waals surface area contributed by atoms with Crippen LogP contribution >= 0.6 is 0 Å². The zero-order chi connectivity index (χ0) is 24.5. The van der Waals surface area contributed by atoms with E-state index in [4.69, 9.17) is 0 Å². The number of nitrogens with zero attached hydrogens (tertiary/aromatic N) is 2. The minimum absolute atomic E-state index is 0.612. The van der Waals surface area contributed by atoms with Gasteiger partial charge in [-0.15, -0.1) is 0 Å². The average molecular weight is 480 g/mol. The average Bonchev–Trinajstić information content (AvgIpc) is 3.27. The van der Waals surface area contributed by atoms with Gasteiger partial charge in [0.1, 0.15) is 0 Å². The van der Waals surface area contributed by atoms with Gasteiger partial charge in [0.05, 0.1) is 27.7 Å². The molecule has 0 unspecified atom stereocenters. The van der Waals surface area contributed by atoms with Gasteiger partial charge in [0.2, 0.25) is 0 Å². The van der Waals surface area contributed by atoms with E-state index in [1.807, 2.05) is 28.7 Å². The molecule has 2 nitrogen and oxygen atoms in total. The lowest BCUT2D eigenvalue weighted by Gasteiger charge is -2.16. The predicted octanol–water partition coefficient (Wildman–Crippen LogP) is 8.45. The summed E-state index contributed by atoms with van der Waals surface area (Å²) in [5.41, 5.74) is 3.64. The minimum Gasteiger partial charge on any atom is -0.308 e. The topological polar surface area (TPSA) is 17.3 Å². The number of rotatable bonds is 2. The molecule has 0 saturated heterocycles. The molecule has 6 aromatic rings. The third kappa shape index (κ3) is 3.39. The second-order valence-electron chi connectivity index (χ2n) is 8.37. The van der Waals surface area contributed by atoms with E-state index in [0.717, 1.165) is 62.7 Å². The van der Waals surface area contributed by atoms with Gasteiger partial charge in [-0.05, 0) is 59.7 Å². The maximum absolute atomic E-state index is 13.1. The predicted molar refractivity (Wildman–Crippen MR) is 122 cm³/mol. The highest BCUT2D eigenvalue weighted by atomic mass is 19.4. The van der Waals surface area contributed by atoms with Gasteiger partial charge in [-0.3, -0.25) is 4.98 Å². The lowest BCUT2D eigenvalue weighted by Crippen LogP contribution is -2.04. The molecule has 0 saturated carbocycles. The number of halogens is 6. The minimum atomic E-state index is -4.43. The summed E-state index contributed by atoms with van der Waals surface area (Å²) in [6, 6.07) is 17.5. The zero-order valence-corrected chi connectivity index (χ0v) is 17.7. The number of pyridine rings is 3. The second kappa shape index (κ2) is 7.21. The number of alkyl halides is 6. The van der Waals surface area contributed by atoms with E-state index in [9.17, 15) is 26.3 Å². The SMILES string of the molecule is FC(F)(F)c1ccc(-c2cc3cncc4cc(-c5ccc(C(F)(F)F)cc5)c5ccc2n5c34)cc1. The van der Waals surface area contributed by atoms with Crippen LogP contribution in [-0.2, 0) is 12.4 Å². The van der Waals surface area contributed by atoms with Crippen LogP contribution in [0.25, 0.3) is 49.6 Å². The molecule has 0 fully saturated rings. The van der Waals surface area contributed by atoms with E-state index in [1.165, 1.54) is 24.3 Å². The summed E-state index contributed by atoms with van der Waals surface area (Å²) < 4.78 is 80.3. The highest BCUT2D eigenvalue weighted by Crippen LogP contribution is 2.40. The molecular formula is C27H14F6N2. The highest BCUT2D eigenvalue weighted by molar-refractivity contribution is 6.07. The molecule has 35 heavy (non-hydrogen) atoms. The van der Waals surface area contributed by atoms with Gasteiger partial charge < -0.3 is 4.40 Å². The Morgan fingerprint density at radius 2 is 0.943 bits per heavy atom. The molecule has 0 aliphatic rings. The molecule has 0 amide bonds. The quantitative estimate of drug-likeness (QED) is 0.227. The molecule has 4 heterocycles. The van der Waals surface area contributed by atoms with Crippen molar-refractivity contribution in [1.82, 2.24) is 9.38 Å². The van der Waals surface area contributed by atoms with Crippen molar-refractivity contribution in [2.45, 2.75) is 12.4 Å². The Morgan fingerprint density at radius 1 is 0.543 bits per heavy atom. The van der Waals surface area contributed by atoms with Gasteiger partial charge >= 0.3 is 12.4 Å². The lowest BCUT2D eigenvalue weighted by molar-refractivity contribution is -0.138. The molecule has 0 radical (unpaired) electrons. The van der Waals surface area contributed by atoms with Crippen LogP contribution in [0.2, 0.25) is 0 Å². The Morgan fingerprint density at radius 3 is 1.31 bits per heavy atom. The first-order chi connectivity index (χ1) is 16.6. The van der Waals surface area contributed by atoms with E-state index in [-0.39, 0.29) is 0 Å². The first kappa shape index (κ1) is 21.5. The molecule has 6 rings (SSSR count). The van der Waals surface area contributed by atoms with Gasteiger partial charge in [-0.25, -0.2) is 0 Å². The summed E-state index contributed by atoms with van der Waals surface area (Å²) in [6.45, 7) is 0. The largest absolute Gasteiger partial charge is 0.416 e. The summed E-state index contributed by atoms with van der Waals surface area (Å²) in [5, 5.41) is 1.59. The number of benzene rings is 2. The first-order valence-electron chi connectivity index (χ1n) is 10.6. The molecular weight excluding hydrogens is 466 g/mol. The molecule has 0 aliphatic heterocycles. The van der Waals surface area contributed by atoms with Crippen molar-refractivity contribution in [1.29, 1.82) is 0 Å². The Labute approximate surface area is 194 Å². The molecule has 8 heteroatoms. The number of hydrogen-bond acceptors (Lipinski definition) is 1. The van der Waals surface area contributed by atoms with E-state index in [1.54, 1.807) is 12.4 Å². The third-order valence-electron chi connectivity index (χ3n) is 6.28. The van der Waals surface area contributed by atoms with Crippen molar-refractivity contribution in [2.24, 2.45) is 0 Å². The lowest BCUT2D eigenvalue weighted by atomic mass is 9.99. The van der Waals surface area contributed by atoms with Gasteiger partial charge in [-0.2, -0.15) is 26.3 Å². The van der Waals surface area contributed by atoms with Crippen LogP contribution in [0.1, 0.15) is 11.1 Å². The smallest absolute Gasteiger partial charge is 0.308 e. The Kier molecular flexibility index (Phi) is 4.42. The molecule has 0 N–H and O–H groups in total. The fourth-order valence-corrected chi connectivity index (χ4v) is 4.65. The van der Waals surface area contributed by atoms with Crippen molar-refractivity contribution in [3.8, 4) is 22.3 Å². The molecule has 4 aromatic heterocycles. The standard InChI is InChI=1S/C27H14F6N2/c28-26(29,30)19-5-1-15(2-6-19)21-11-17-13-34-14-18-12-22(24-10-9-23(21)35(24)25(17)18)16-3-7-20(8-4-16)27(31,32)33/h1-14H. The van der Waals surface area contributed by atoms with Crippen LogP contribution < -0.4 is 0 Å².